The molecule has 5 nitrogen and oxygen atoms in total. The van der Waals surface area contributed by atoms with Crippen molar-refractivity contribution in [2.45, 2.75) is 0 Å². The minimum absolute atomic E-state index is 0.163. The van der Waals surface area contributed by atoms with Gasteiger partial charge in [0, 0.05) is 7.05 Å². The van der Waals surface area contributed by atoms with Crippen molar-refractivity contribution in [2.75, 3.05) is 20.8 Å². The fourth-order valence-corrected chi connectivity index (χ4v) is 2.00. The second kappa shape index (κ2) is 6.29. The Morgan fingerprint density at radius 1 is 1.48 bits per heavy atom. The Hall–Kier alpha value is -2.52. The third-order valence-corrected chi connectivity index (χ3v) is 3.27. The lowest BCUT2D eigenvalue weighted by Crippen LogP contribution is -2.25. The van der Waals surface area contributed by atoms with Crippen LogP contribution in [0.25, 0.3) is 6.08 Å². The maximum atomic E-state index is 11.9. The highest BCUT2D eigenvalue weighted by Gasteiger charge is 2.26. The maximum absolute atomic E-state index is 11.9. The summed E-state index contributed by atoms with van der Waals surface area (Å²) in [6.07, 6.45) is 6.86. The van der Waals surface area contributed by atoms with Crippen molar-refractivity contribution >= 4 is 29.3 Å². The van der Waals surface area contributed by atoms with Gasteiger partial charge in [-0.2, -0.15) is 0 Å². The summed E-state index contributed by atoms with van der Waals surface area (Å²) in [4.78, 5) is 13.3. The van der Waals surface area contributed by atoms with E-state index in [1.165, 1.54) is 12.0 Å². The summed E-state index contributed by atoms with van der Waals surface area (Å²) in [6.45, 7) is 0.163. The molecule has 1 saturated heterocycles. The first-order chi connectivity index (χ1) is 10.1. The van der Waals surface area contributed by atoms with E-state index in [9.17, 15) is 4.79 Å². The Balaban J connectivity index is 2.28. The molecule has 108 valence electrons. The first-order valence-electron chi connectivity index (χ1n) is 6.12. The molecule has 1 heterocycles. The number of hydrogen-bond donors (Lipinski definition) is 1. The zero-order chi connectivity index (χ0) is 15.4. The first kappa shape index (κ1) is 14.9. The number of ether oxygens (including phenoxy) is 2. The van der Waals surface area contributed by atoms with Gasteiger partial charge in [0.1, 0.15) is 12.3 Å². The summed E-state index contributed by atoms with van der Waals surface area (Å²) in [5.41, 5.74) is 1.20. The van der Waals surface area contributed by atoms with Crippen LogP contribution in [-0.2, 0) is 4.79 Å². The molecule has 1 aliphatic heterocycles. The van der Waals surface area contributed by atoms with Crippen molar-refractivity contribution in [2.24, 2.45) is 0 Å². The van der Waals surface area contributed by atoms with Crippen molar-refractivity contribution in [3.63, 3.8) is 0 Å². The molecule has 1 fully saturated rings. The average Bonchev–Trinajstić information content (AvgIpc) is 2.73. The lowest BCUT2D eigenvalue weighted by Gasteiger charge is -2.09. The Morgan fingerprint density at radius 2 is 2.24 bits per heavy atom. The van der Waals surface area contributed by atoms with Crippen LogP contribution in [0.2, 0.25) is 0 Å². The highest BCUT2D eigenvalue weighted by molar-refractivity contribution is 7.80. The van der Waals surface area contributed by atoms with E-state index in [2.05, 4.69) is 11.2 Å². The van der Waals surface area contributed by atoms with Gasteiger partial charge in [0.2, 0.25) is 0 Å². The number of likely N-dealkylation sites (N-methyl/N-ethyl adjacent to an activating group) is 1. The largest absolute Gasteiger partial charge is 0.493 e. The summed E-state index contributed by atoms with van der Waals surface area (Å²) >= 11 is 5.02. The number of carbonyl (C=O) groups is 1. The van der Waals surface area contributed by atoms with Gasteiger partial charge in [-0.15, -0.1) is 6.42 Å². The van der Waals surface area contributed by atoms with E-state index in [0.717, 1.165) is 5.56 Å². The van der Waals surface area contributed by atoms with E-state index in [-0.39, 0.29) is 12.5 Å². The van der Waals surface area contributed by atoms with Crippen molar-refractivity contribution in [3.05, 3.63) is 29.5 Å². The van der Waals surface area contributed by atoms with Gasteiger partial charge in [0.15, 0.2) is 16.6 Å². The topological polar surface area (TPSA) is 50.8 Å². The number of terminal acetylenes is 1. The molecule has 0 atom stereocenters. The van der Waals surface area contributed by atoms with Gasteiger partial charge in [-0.3, -0.25) is 9.69 Å². The molecular formula is C15H14N2O3S. The van der Waals surface area contributed by atoms with E-state index < -0.39 is 0 Å². The number of amides is 1. The molecule has 0 aliphatic carbocycles. The van der Waals surface area contributed by atoms with Crippen molar-refractivity contribution in [3.8, 4) is 23.8 Å². The number of nitrogens with one attached hydrogen (secondary N) is 1. The summed E-state index contributed by atoms with van der Waals surface area (Å²) < 4.78 is 10.6. The maximum Gasteiger partial charge on any atom is 0.276 e. The van der Waals surface area contributed by atoms with Gasteiger partial charge in [-0.1, -0.05) is 12.0 Å². The van der Waals surface area contributed by atoms with Crippen molar-refractivity contribution in [1.82, 2.24) is 10.2 Å². The van der Waals surface area contributed by atoms with Gasteiger partial charge >= 0.3 is 0 Å². The predicted octanol–water partition coefficient (Wildman–Crippen LogP) is 1.39. The minimum atomic E-state index is -0.174. The third kappa shape index (κ3) is 3.15. The summed E-state index contributed by atoms with van der Waals surface area (Å²) in [5, 5.41) is 3.24. The second-order valence-electron chi connectivity index (χ2n) is 4.26. The number of hydrogen-bond acceptors (Lipinski definition) is 4. The molecule has 2 rings (SSSR count). The molecule has 0 saturated carbocycles. The number of thiocarbonyl (C=S) groups is 1. The summed E-state index contributed by atoms with van der Waals surface area (Å²) in [5.74, 6) is 3.31. The van der Waals surface area contributed by atoms with Crippen LogP contribution in [0.15, 0.2) is 23.9 Å². The summed E-state index contributed by atoms with van der Waals surface area (Å²) in [7, 11) is 3.16. The van der Waals surface area contributed by atoms with Crippen LogP contribution in [0.4, 0.5) is 0 Å². The molecule has 0 aromatic heterocycles. The molecular weight excluding hydrogens is 288 g/mol. The smallest absolute Gasteiger partial charge is 0.276 e. The zero-order valence-corrected chi connectivity index (χ0v) is 12.5. The van der Waals surface area contributed by atoms with E-state index >= 15 is 0 Å². The van der Waals surface area contributed by atoms with Crippen LogP contribution in [0.3, 0.4) is 0 Å². The fourth-order valence-electron chi connectivity index (χ4n) is 1.80. The number of methoxy groups -OCH3 is 1. The van der Waals surface area contributed by atoms with E-state index in [1.807, 2.05) is 0 Å². The molecule has 1 aliphatic rings. The number of nitrogens with zero attached hydrogens (tertiary/aromatic N) is 1. The lowest BCUT2D eigenvalue weighted by atomic mass is 10.1. The average molecular weight is 302 g/mol. The van der Waals surface area contributed by atoms with Gasteiger partial charge < -0.3 is 14.8 Å². The Bertz CT molecular complexity index is 661. The molecule has 0 radical (unpaired) electrons. The number of benzene rings is 1. The molecule has 1 N–H and O–H groups in total. The Morgan fingerprint density at radius 3 is 2.81 bits per heavy atom. The third-order valence-electron chi connectivity index (χ3n) is 2.89. The molecule has 21 heavy (non-hydrogen) atoms. The summed E-state index contributed by atoms with van der Waals surface area (Å²) in [6, 6.07) is 5.30. The molecule has 0 unspecified atom stereocenters. The Labute approximate surface area is 128 Å². The van der Waals surface area contributed by atoms with Gasteiger partial charge in [0.05, 0.1) is 7.11 Å². The van der Waals surface area contributed by atoms with E-state index in [1.54, 1.807) is 31.3 Å². The van der Waals surface area contributed by atoms with Crippen LogP contribution in [0.5, 0.6) is 11.5 Å². The molecule has 1 amide bonds. The first-order valence-corrected chi connectivity index (χ1v) is 6.52. The molecule has 0 spiro atoms. The van der Waals surface area contributed by atoms with Gasteiger partial charge in [0.25, 0.3) is 5.91 Å². The zero-order valence-electron chi connectivity index (χ0n) is 11.7. The van der Waals surface area contributed by atoms with Gasteiger partial charge in [-0.25, -0.2) is 0 Å². The standard InChI is InChI=1S/C15H14N2O3S/c1-4-7-20-12-6-5-10(9-13(12)19-3)8-11-14(18)17(2)15(21)16-11/h1,5-6,8-9H,7H2,2-3H3,(H,16,21)/b11-8-. The van der Waals surface area contributed by atoms with Crippen LogP contribution in [0.1, 0.15) is 5.56 Å². The van der Waals surface area contributed by atoms with Gasteiger partial charge in [-0.05, 0) is 36.0 Å². The van der Waals surface area contributed by atoms with Crippen LogP contribution < -0.4 is 14.8 Å². The molecule has 0 bridgehead atoms. The molecule has 1 aromatic carbocycles. The lowest BCUT2D eigenvalue weighted by molar-refractivity contribution is -0.121. The van der Waals surface area contributed by atoms with E-state index in [4.69, 9.17) is 28.1 Å². The fraction of sp³-hybridized carbons (Fsp3) is 0.200. The predicted molar refractivity (Wildman–Crippen MR) is 83.8 cm³/mol. The SMILES string of the molecule is C#CCOc1ccc(/C=C2\NC(=S)N(C)C2=O)cc1OC. The highest BCUT2D eigenvalue weighted by atomic mass is 32.1. The monoisotopic (exact) mass is 302 g/mol. The van der Waals surface area contributed by atoms with E-state index in [0.29, 0.717) is 22.3 Å². The number of rotatable bonds is 4. The quantitative estimate of drug-likeness (QED) is 0.517. The van der Waals surface area contributed by atoms with Crippen LogP contribution >= 0.6 is 12.2 Å². The number of carbonyl (C=O) groups excluding carboxylic acids is 1. The van der Waals surface area contributed by atoms with Crippen molar-refractivity contribution in [1.29, 1.82) is 0 Å². The van der Waals surface area contributed by atoms with Crippen molar-refractivity contribution < 1.29 is 14.3 Å². The molecule has 1 aromatic rings. The second-order valence-corrected chi connectivity index (χ2v) is 4.64. The van der Waals surface area contributed by atoms with Crippen LogP contribution in [-0.4, -0.2) is 36.7 Å². The minimum Gasteiger partial charge on any atom is -0.493 e. The highest BCUT2D eigenvalue weighted by Crippen LogP contribution is 2.29. The van der Waals surface area contributed by atoms with Crippen LogP contribution in [0, 0.1) is 12.3 Å². The normalized spacial score (nSPS) is 15.9. The molecule has 6 heteroatoms. The Kier molecular flexibility index (Phi) is 4.45.